The zero-order valence-corrected chi connectivity index (χ0v) is 11.2. The zero-order valence-electron chi connectivity index (χ0n) is 11.2. The zero-order chi connectivity index (χ0) is 13.1. The number of carbonyl (C=O) groups is 1. The van der Waals surface area contributed by atoms with Crippen molar-refractivity contribution < 1.29 is 4.79 Å². The summed E-state index contributed by atoms with van der Waals surface area (Å²) in [5.41, 5.74) is 8.14. The second kappa shape index (κ2) is 5.42. The lowest BCUT2D eigenvalue weighted by Gasteiger charge is -2.27. The van der Waals surface area contributed by atoms with E-state index in [-0.39, 0.29) is 5.91 Å². The first-order valence-corrected chi connectivity index (χ1v) is 6.73. The van der Waals surface area contributed by atoms with Crippen LogP contribution >= 0.6 is 0 Å². The Bertz CT molecular complexity index is 442. The first-order valence-electron chi connectivity index (χ1n) is 6.73. The van der Waals surface area contributed by atoms with Crippen LogP contribution in [0.5, 0.6) is 0 Å². The summed E-state index contributed by atoms with van der Waals surface area (Å²) in [5, 5.41) is 3.11. The Kier molecular flexibility index (Phi) is 3.90. The molecule has 0 bridgehead atoms. The minimum absolute atomic E-state index is 0.0356. The Balaban J connectivity index is 2.03. The third-order valence-electron chi connectivity index (χ3n) is 3.72. The van der Waals surface area contributed by atoms with E-state index in [9.17, 15) is 4.79 Å². The van der Waals surface area contributed by atoms with Gasteiger partial charge >= 0.3 is 0 Å². The van der Waals surface area contributed by atoms with Crippen molar-refractivity contribution in [2.75, 3.05) is 5.73 Å². The molecule has 1 fully saturated rings. The Morgan fingerprint density at radius 3 is 2.83 bits per heavy atom. The van der Waals surface area contributed by atoms with Gasteiger partial charge in [0.25, 0.3) is 5.91 Å². The number of anilines is 1. The molecule has 3 heteroatoms. The first kappa shape index (κ1) is 12.9. The normalized spacial score (nSPS) is 23.7. The molecular formula is C15H22N2O. The van der Waals surface area contributed by atoms with Crippen molar-refractivity contribution in [3.63, 3.8) is 0 Å². The Morgan fingerprint density at radius 2 is 2.17 bits per heavy atom. The average molecular weight is 246 g/mol. The molecule has 2 atom stereocenters. The average Bonchev–Trinajstić information content (AvgIpc) is 2.28. The van der Waals surface area contributed by atoms with Crippen molar-refractivity contribution in [1.29, 1.82) is 0 Å². The number of hydrogen-bond donors (Lipinski definition) is 2. The maximum atomic E-state index is 12.2. The second-order valence-electron chi connectivity index (χ2n) is 5.53. The van der Waals surface area contributed by atoms with Gasteiger partial charge in [-0.15, -0.1) is 0 Å². The summed E-state index contributed by atoms with van der Waals surface area (Å²) in [6, 6.07) is 5.89. The molecule has 0 aromatic heterocycles. The fraction of sp³-hybridized carbons (Fsp3) is 0.533. The van der Waals surface area contributed by atoms with Crippen LogP contribution in [0.25, 0.3) is 0 Å². The number of aryl methyl sites for hydroxylation is 1. The van der Waals surface area contributed by atoms with Crippen molar-refractivity contribution in [2.24, 2.45) is 5.92 Å². The van der Waals surface area contributed by atoms with E-state index in [4.69, 9.17) is 5.73 Å². The smallest absolute Gasteiger partial charge is 0.253 e. The van der Waals surface area contributed by atoms with Crippen LogP contribution < -0.4 is 11.1 Å². The van der Waals surface area contributed by atoms with Gasteiger partial charge < -0.3 is 11.1 Å². The Morgan fingerprint density at radius 1 is 1.39 bits per heavy atom. The SMILES string of the molecule is Cc1ccc(C(=O)NC2CCCC(C)C2)c(N)c1. The van der Waals surface area contributed by atoms with Crippen LogP contribution in [0, 0.1) is 12.8 Å². The molecule has 0 aliphatic heterocycles. The highest BCUT2D eigenvalue weighted by Crippen LogP contribution is 2.24. The number of carbonyl (C=O) groups excluding carboxylic acids is 1. The van der Waals surface area contributed by atoms with Gasteiger partial charge in [0.15, 0.2) is 0 Å². The first-order chi connectivity index (χ1) is 8.56. The van der Waals surface area contributed by atoms with Crippen LogP contribution in [0.1, 0.15) is 48.5 Å². The van der Waals surface area contributed by atoms with Gasteiger partial charge in [-0.1, -0.05) is 25.8 Å². The van der Waals surface area contributed by atoms with E-state index in [1.54, 1.807) is 0 Å². The maximum Gasteiger partial charge on any atom is 0.253 e. The van der Waals surface area contributed by atoms with Crippen LogP contribution in [0.2, 0.25) is 0 Å². The van der Waals surface area contributed by atoms with E-state index in [1.165, 1.54) is 12.8 Å². The van der Waals surface area contributed by atoms with E-state index >= 15 is 0 Å². The molecule has 1 aromatic rings. The van der Waals surface area contributed by atoms with E-state index in [1.807, 2.05) is 25.1 Å². The fourth-order valence-electron chi connectivity index (χ4n) is 2.72. The number of nitrogens with one attached hydrogen (secondary N) is 1. The number of amides is 1. The van der Waals surface area contributed by atoms with Crippen LogP contribution in [0.15, 0.2) is 18.2 Å². The number of nitrogens with two attached hydrogens (primary N) is 1. The highest BCUT2D eigenvalue weighted by molar-refractivity contribution is 5.99. The minimum Gasteiger partial charge on any atom is -0.398 e. The highest BCUT2D eigenvalue weighted by atomic mass is 16.1. The molecule has 1 aromatic carbocycles. The van der Waals surface area contributed by atoms with Gasteiger partial charge in [0.1, 0.15) is 0 Å². The van der Waals surface area contributed by atoms with E-state index in [0.717, 1.165) is 18.4 Å². The molecule has 2 unspecified atom stereocenters. The Labute approximate surface area is 109 Å². The molecule has 3 N–H and O–H groups in total. The molecule has 0 heterocycles. The summed E-state index contributed by atoms with van der Waals surface area (Å²) in [6.45, 7) is 4.22. The van der Waals surface area contributed by atoms with Crippen molar-refractivity contribution in [1.82, 2.24) is 5.32 Å². The van der Waals surface area contributed by atoms with E-state index in [0.29, 0.717) is 23.2 Å². The van der Waals surface area contributed by atoms with Crippen molar-refractivity contribution in [3.05, 3.63) is 29.3 Å². The number of rotatable bonds is 2. The third-order valence-corrected chi connectivity index (χ3v) is 3.72. The molecule has 1 saturated carbocycles. The molecule has 2 rings (SSSR count). The minimum atomic E-state index is -0.0356. The number of benzene rings is 1. The lowest BCUT2D eigenvalue weighted by atomic mass is 9.87. The van der Waals surface area contributed by atoms with Crippen molar-refractivity contribution >= 4 is 11.6 Å². The van der Waals surface area contributed by atoms with Gasteiger partial charge in [-0.05, 0) is 43.4 Å². The molecule has 0 radical (unpaired) electrons. The molecule has 1 amide bonds. The van der Waals surface area contributed by atoms with Gasteiger partial charge in [-0.2, -0.15) is 0 Å². The largest absolute Gasteiger partial charge is 0.398 e. The summed E-state index contributed by atoms with van der Waals surface area (Å²) in [7, 11) is 0. The van der Waals surface area contributed by atoms with Crippen LogP contribution in [0.4, 0.5) is 5.69 Å². The van der Waals surface area contributed by atoms with Crippen LogP contribution in [-0.2, 0) is 0 Å². The summed E-state index contributed by atoms with van der Waals surface area (Å²) in [6.07, 6.45) is 4.65. The summed E-state index contributed by atoms with van der Waals surface area (Å²) in [5.74, 6) is 0.672. The van der Waals surface area contributed by atoms with Gasteiger partial charge in [0.05, 0.1) is 5.56 Å². The van der Waals surface area contributed by atoms with Gasteiger partial charge in [-0.25, -0.2) is 0 Å². The quantitative estimate of drug-likeness (QED) is 0.788. The number of nitrogen functional groups attached to an aromatic ring is 1. The molecular weight excluding hydrogens is 224 g/mol. The molecule has 98 valence electrons. The van der Waals surface area contributed by atoms with Crippen molar-refractivity contribution in [3.8, 4) is 0 Å². The standard InChI is InChI=1S/C15H22N2O/c1-10-4-3-5-12(8-10)17-15(18)13-7-6-11(2)9-14(13)16/h6-7,9-10,12H,3-5,8,16H2,1-2H3,(H,17,18). The predicted molar refractivity (Wildman–Crippen MR) is 74.5 cm³/mol. The Hall–Kier alpha value is -1.51. The lowest BCUT2D eigenvalue weighted by Crippen LogP contribution is -2.38. The van der Waals surface area contributed by atoms with Crippen LogP contribution in [0.3, 0.4) is 0 Å². The maximum absolute atomic E-state index is 12.2. The lowest BCUT2D eigenvalue weighted by molar-refractivity contribution is 0.0922. The number of hydrogen-bond acceptors (Lipinski definition) is 2. The monoisotopic (exact) mass is 246 g/mol. The molecule has 3 nitrogen and oxygen atoms in total. The highest BCUT2D eigenvalue weighted by Gasteiger charge is 2.21. The van der Waals surface area contributed by atoms with Gasteiger partial charge in [0.2, 0.25) is 0 Å². The molecule has 1 aliphatic carbocycles. The topological polar surface area (TPSA) is 55.1 Å². The second-order valence-corrected chi connectivity index (χ2v) is 5.53. The molecule has 1 aliphatic rings. The molecule has 0 saturated heterocycles. The van der Waals surface area contributed by atoms with Crippen LogP contribution in [-0.4, -0.2) is 11.9 Å². The summed E-state index contributed by atoms with van der Waals surface area (Å²) < 4.78 is 0. The van der Waals surface area contributed by atoms with E-state index < -0.39 is 0 Å². The summed E-state index contributed by atoms with van der Waals surface area (Å²) >= 11 is 0. The van der Waals surface area contributed by atoms with Gasteiger partial charge in [-0.3, -0.25) is 4.79 Å². The van der Waals surface area contributed by atoms with Crippen molar-refractivity contribution in [2.45, 2.75) is 45.6 Å². The van der Waals surface area contributed by atoms with E-state index in [2.05, 4.69) is 12.2 Å². The third kappa shape index (κ3) is 3.03. The molecule has 18 heavy (non-hydrogen) atoms. The van der Waals surface area contributed by atoms with Gasteiger partial charge in [0, 0.05) is 11.7 Å². The molecule has 0 spiro atoms. The predicted octanol–water partition coefficient (Wildman–Crippen LogP) is 2.89. The summed E-state index contributed by atoms with van der Waals surface area (Å²) in [4.78, 5) is 12.2. The fourth-order valence-corrected chi connectivity index (χ4v) is 2.72.